The van der Waals surface area contributed by atoms with Gasteiger partial charge in [0.05, 0.1) is 5.56 Å². The topological polar surface area (TPSA) is 66.6 Å². The van der Waals surface area contributed by atoms with E-state index in [1.165, 1.54) is 12.1 Å². The number of phenolic OH excluding ortho intramolecular Hbond substituents is 1. The molecule has 1 amide bonds. The fourth-order valence-electron chi connectivity index (χ4n) is 3.48. The van der Waals surface area contributed by atoms with Crippen LogP contribution in [-0.2, 0) is 0 Å². The first kappa shape index (κ1) is 13.7. The van der Waals surface area contributed by atoms with E-state index >= 15 is 0 Å². The third-order valence-corrected chi connectivity index (χ3v) is 4.80. The van der Waals surface area contributed by atoms with Crippen LogP contribution in [0.5, 0.6) is 5.75 Å². The smallest absolute Gasteiger partial charge is 0.257 e. The van der Waals surface area contributed by atoms with Crippen LogP contribution in [0.4, 0.5) is 0 Å². The normalized spacial score (nSPS) is 29.3. The number of benzene rings is 1. The summed E-state index contributed by atoms with van der Waals surface area (Å²) in [7, 11) is 0. The Morgan fingerprint density at radius 3 is 2.85 bits per heavy atom. The number of amides is 1. The lowest BCUT2D eigenvalue weighted by Gasteiger charge is -2.27. The second-order valence-electron chi connectivity index (χ2n) is 5.96. The zero-order valence-corrected chi connectivity index (χ0v) is 12.0. The van der Waals surface area contributed by atoms with Crippen molar-refractivity contribution in [2.24, 2.45) is 17.6 Å². The Bertz CT molecular complexity index is 535. The molecule has 5 heteroatoms. The van der Waals surface area contributed by atoms with Crippen LogP contribution in [0.15, 0.2) is 18.2 Å². The minimum absolute atomic E-state index is 0.00836. The maximum atomic E-state index is 12.5. The van der Waals surface area contributed by atoms with Gasteiger partial charge in [-0.2, -0.15) is 0 Å². The van der Waals surface area contributed by atoms with Crippen molar-refractivity contribution < 1.29 is 9.90 Å². The number of halogens is 1. The molecule has 1 aromatic carbocycles. The van der Waals surface area contributed by atoms with E-state index in [0.29, 0.717) is 22.4 Å². The highest BCUT2D eigenvalue weighted by atomic mass is 35.5. The van der Waals surface area contributed by atoms with E-state index in [9.17, 15) is 9.90 Å². The molecule has 3 rings (SSSR count). The first-order chi connectivity index (χ1) is 9.54. The molecule has 2 aliphatic rings. The molecule has 1 aromatic rings. The molecule has 1 unspecified atom stereocenters. The van der Waals surface area contributed by atoms with E-state index in [-0.39, 0.29) is 17.7 Å². The molecule has 4 nitrogen and oxygen atoms in total. The van der Waals surface area contributed by atoms with Crippen LogP contribution in [0, 0.1) is 11.8 Å². The molecule has 1 heterocycles. The van der Waals surface area contributed by atoms with Gasteiger partial charge in [-0.15, -0.1) is 0 Å². The van der Waals surface area contributed by atoms with Gasteiger partial charge in [0.1, 0.15) is 5.75 Å². The molecular weight excluding hydrogens is 276 g/mol. The van der Waals surface area contributed by atoms with Crippen molar-refractivity contribution in [3.8, 4) is 5.75 Å². The minimum Gasteiger partial charge on any atom is -0.507 e. The molecule has 1 aliphatic carbocycles. The average Bonchev–Trinajstić information content (AvgIpc) is 2.83. The van der Waals surface area contributed by atoms with Gasteiger partial charge in [-0.1, -0.05) is 11.6 Å². The van der Waals surface area contributed by atoms with Crippen molar-refractivity contribution in [2.75, 3.05) is 13.1 Å². The lowest BCUT2D eigenvalue weighted by atomic mass is 9.79. The predicted molar refractivity (Wildman–Crippen MR) is 77.8 cm³/mol. The summed E-state index contributed by atoms with van der Waals surface area (Å²) in [6.45, 7) is 1.51. The van der Waals surface area contributed by atoms with Gasteiger partial charge in [0.2, 0.25) is 0 Å². The predicted octanol–water partition coefficient (Wildman–Crippen LogP) is 2.25. The fourth-order valence-corrected chi connectivity index (χ4v) is 3.66. The highest BCUT2D eigenvalue weighted by Crippen LogP contribution is 2.37. The standard InChI is InChI=1S/C15H19ClN2O2/c16-11-2-4-14(19)13(6-11)15(20)18-7-9-1-3-12(17)5-10(9)8-18/h2,4,6,9-10,12,19H,1,3,5,7-8,17H2/t9-,10+,12?/m1/s1. The van der Waals surface area contributed by atoms with Crippen molar-refractivity contribution in [3.63, 3.8) is 0 Å². The summed E-state index contributed by atoms with van der Waals surface area (Å²) in [6, 6.07) is 4.85. The summed E-state index contributed by atoms with van der Waals surface area (Å²) in [5.41, 5.74) is 6.30. The zero-order valence-electron chi connectivity index (χ0n) is 11.3. The second kappa shape index (κ2) is 5.26. The number of nitrogens with two attached hydrogens (primary N) is 1. The minimum atomic E-state index is -0.132. The molecule has 2 fully saturated rings. The Morgan fingerprint density at radius 1 is 1.30 bits per heavy atom. The van der Waals surface area contributed by atoms with Crippen molar-refractivity contribution >= 4 is 17.5 Å². The van der Waals surface area contributed by atoms with Gasteiger partial charge in [-0.3, -0.25) is 4.79 Å². The Kier molecular flexibility index (Phi) is 3.61. The zero-order chi connectivity index (χ0) is 14.3. The van der Waals surface area contributed by atoms with Gasteiger partial charge in [0, 0.05) is 24.2 Å². The van der Waals surface area contributed by atoms with Crippen LogP contribution in [0.1, 0.15) is 29.6 Å². The number of carbonyl (C=O) groups excluding carboxylic acids is 1. The number of fused-ring (bicyclic) bond motifs is 1. The number of carbonyl (C=O) groups is 1. The number of rotatable bonds is 1. The average molecular weight is 295 g/mol. The van der Waals surface area contributed by atoms with Crippen molar-refractivity contribution in [1.29, 1.82) is 0 Å². The quantitative estimate of drug-likeness (QED) is 0.835. The van der Waals surface area contributed by atoms with Crippen molar-refractivity contribution in [1.82, 2.24) is 4.90 Å². The van der Waals surface area contributed by atoms with Gasteiger partial charge in [-0.25, -0.2) is 0 Å². The highest BCUT2D eigenvalue weighted by Gasteiger charge is 2.39. The molecule has 3 atom stereocenters. The van der Waals surface area contributed by atoms with E-state index in [1.54, 1.807) is 6.07 Å². The first-order valence-corrected chi connectivity index (χ1v) is 7.45. The molecule has 0 radical (unpaired) electrons. The van der Waals surface area contributed by atoms with E-state index in [4.69, 9.17) is 17.3 Å². The van der Waals surface area contributed by atoms with Crippen LogP contribution < -0.4 is 5.73 Å². The number of hydrogen-bond acceptors (Lipinski definition) is 3. The lowest BCUT2D eigenvalue weighted by Crippen LogP contribution is -2.32. The molecule has 0 spiro atoms. The lowest BCUT2D eigenvalue weighted by molar-refractivity contribution is 0.0781. The number of aromatic hydroxyl groups is 1. The maximum Gasteiger partial charge on any atom is 0.257 e. The van der Waals surface area contributed by atoms with Crippen LogP contribution >= 0.6 is 11.6 Å². The Morgan fingerprint density at radius 2 is 2.05 bits per heavy atom. The van der Waals surface area contributed by atoms with Crippen LogP contribution in [0.2, 0.25) is 5.02 Å². The van der Waals surface area contributed by atoms with Gasteiger partial charge in [0.15, 0.2) is 0 Å². The molecular formula is C15H19ClN2O2. The number of hydrogen-bond donors (Lipinski definition) is 2. The van der Waals surface area contributed by atoms with Gasteiger partial charge in [0.25, 0.3) is 5.91 Å². The van der Waals surface area contributed by atoms with E-state index in [2.05, 4.69) is 0 Å². The highest BCUT2D eigenvalue weighted by molar-refractivity contribution is 6.31. The summed E-state index contributed by atoms with van der Waals surface area (Å²) >= 11 is 5.91. The molecule has 1 saturated carbocycles. The fraction of sp³-hybridized carbons (Fsp3) is 0.533. The Hall–Kier alpha value is -1.26. The summed E-state index contributed by atoms with van der Waals surface area (Å²) in [6.07, 6.45) is 3.14. The Balaban J connectivity index is 1.77. The summed E-state index contributed by atoms with van der Waals surface area (Å²) in [5.74, 6) is 0.919. The van der Waals surface area contributed by atoms with Crippen LogP contribution in [-0.4, -0.2) is 35.0 Å². The van der Waals surface area contributed by atoms with Crippen LogP contribution in [0.3, 0.4) is 0 Å². The number of phenols is 1. The SMILES string of the molecule is NC1CC[C@@H]2CN(C(=O)c3cc(Cl)ccc3O)C[C@@H]2C1. The van der Waals surface area contributed by atoms with Crippen molar-refractivity contribution in [3.05, 3.63) is 28.8 Å². The molecule has 20 heavy (non-hydrogen) atoms. The summed E-state index contributed by atoms with van der Waals surface area (Å²) in [4.78, 5) is 14.4. The molecule has 0 bridgehead atoms. The molecule has 108 valence electrons. The maximum absolute atomic E-state index is 12.5. The first-order valence-electron chi connectivity index (χ1n) is 7.08. The third-order valence-electron chi connectivity index (χ3n) is 4.57. The molecule has 1 aliphatic heterocycles. The molecule has 3 N–H and O–H groups in total. The van der Waals surface area contributed by atoms with Crippen LogP contribution in [0.25, 0.3) is 0 Å². The number of likely N-dealkylation sites (tertiary alicyclic amines) is 1. The molecule has 1 saturated heterocycles. The van der Waals surface area contributed by atoms with Crippen molar-refractivity contribution in [2.45, 2.75) is 25.3 Å². The molecule has 0 aromatic heterocycles. The van der Waals surface area contributed by atoms with Gasteiger partial charge in [-0.05, 0) is 49.3 Å². The monoisotopic (exact) mass is 294 g/mol. The van der Waals surface area contributed by atoms with E-state index in [1.807, 2.05) is 4.90 Å². The largest absolute Gasteiger partial charge is 0.507 e. The van der Waals surface area contributed by atoms with Gasteiger partial charge < -0.3 is 15.7 Å². The Labute approximate surface area is 123 Å². The summed E-state index contributed by atoms with van der Waals surface area (Å²) in [5, 5.41) is 10.3. The van der Waals surface area contributed by atoms with E-state index < -0.39 is 0 Å². The third kappa shape index (κ3) is 2.50. The number of nitrogens with zero attached hydrogens (tertiary/aromatic N) is 1. The second-order valence-corrected chi connectivity index (χ2v) is 6.40. The van der Waals surface area contributed by atoms with E-state index in [0.717, 1.165) is 32.4 Å². The van der Waals surface area contributed by atoms with Gasteiger partial charge >= 0.3 is 0 Å². The summed E-state index contributed by atoms with van der Waals surface area (Å²) < 4.78 is 0.